The van der Waals surface area contributed by atoms with Crippen LogP contribution in [0.1, 0.15) is 12.6 Å². The summed E-state index contributed by atoms with van der Waals surface area (Å²) in [6.45, 7) is 3.18. The molecular formula is C21H19N3O4S. The molecule has 1 aromatic heterocycles. The van der Waals surface area contributed by atoms with Crippen LogP contribution in [0.2, 0.25) is 0 Å². The minimum Gasteiger partial charge on any atom is -0.473 e. The van der Waals surface area contributed by atoms with Crippen molar-refractivity contribution in [3.63, 3.8) is 0 Å². The van der Waals surface area contributed by atoms with E-state index in [9.17, 15) is 14.9 Å². The Morgan fingerprint density at radius 1 is 1.10 bits per heavy atom. The molecule has 0 saturated heterocycles. The lowest BCUT2D eigenvalue weighted by Gasteiger charge is -2.16. The number of pyridine rings is 1. The molecule has 0 saturated carbocycles. The first-order valence-corrected chi connectivity index (χ1v) is 9.67. The molecule has 3 rings (SSSR count). The molecule has 2 aromatic carbocycles. The third-order valence-corrected chi connectivity index (χ3v) is 5.02. The summed E-state index contributed by atoms with van der Waals surface area (Å²) >= 11 is 1.53. The molecule has 1 amide bonds. The van der Waals surface area contributed by atoms with E-state index in [0.717, 1.165) is 9.79 Å². The third-order valence-electron chi connectivity index (χ3n) is 3.94. The van der Waals surface area contributed by atoms with Crippen molar-refractivity contribution in [1.29, 1.82) is 0 Å². The lowest BCUT2D eigenvalue weighted by Crippen LogP contribution is -2.30. The van der Waals surface area contributed by atoms with Crippen molar-refractivity contribution in [2.45, 2.75) is 29.7 Å². The molecule has 148 valence electrons. The molecule has 0 aliphatic heterocycles. The summed E-state index contributed by atoms with van der Waals surface area (Å²) in [5, 5.41) is 14.0. The van der Waals surface area contributed by atoms with Gasteiger partial charge in [-0.25, -0.2) is 0 Å². The molecule has 0 unspecified atom stereocenters. The molecule has 1 N–H and O–H groups in total. The number of carbonyl (C=O) groups excluding carboxylic acids is 1. The van der Waals surface area contributed by atoms with Crippen molar-refractivity contribution < 1.29 is 14.5 Å². The first-order chi connectivity index (χ1) is 13.9. The Morgan fingerprint density at radius 3 is 2.52 bits per heavy atom. The Labute approximate surface area is 172 Å². The van der Waals surface area contributed by atoms with Gasteiger partial charge in [0, 0.05) is 16.7 Å². The maximum absolute atomic E-state index is 12.6. The number of rotatable bonds is 7. The molecule has 1 heterocycles. The molecule has 0 aliphatic carbocycles. The summed E-state index contributed by atoms with van der Waals surface area (Å²) in [7, 11) is 0. The topological polar surface area (TPSA) is 94.4 Å². The van der Waals surface area contributed by atoms with E-state index in [1.165, 1.54) is 24.8 Å². The highest BCUT2D eigenvalue weighted by Gasteiger charge is 2.23. The number of nitro groups is 1. The maximum atomic E-state index is 12.6. The summed E-state index contributed by atoms with van der Waals surface area (Å²) in [5.41, 5.74) is 1.13. The Hall–Kier alpha value is -3.39. The van der Waals surface area contributed by atoms with E-state index in [1.54, 1.807) is 19.1 Å². The first-order valence-electron chi connectivity index (χ1n) is 8.85. The fourth-order valence-corrected chi connectivity index (χ4v) is 3.43. The number of hydrogen-bond donors (Lipinski definition) is 1. The van der Waals surface area contributed by atoms with Crippen molar-refractivity contribution in [1.82, 2.24) is 4.98 Å². The summed E-state index contributed by atoms with van der Waals surface area (Å²) in [4.78, 5) is 29.0. The van der Waals surface area contributed by atoms with E-state index in [2.05, 4.69) is 10.3 Å². The van der Waals surface area contributed by atoms with E-state index in [-0.39, 0.29) is 5.75 Å². The molecule has 0 radical (unpaired) electrons. The maximum Gasteiger partial charge on any atom is 0.406 e. The van der Waals surface area contributed by atoms with Gasteiger partial charge in [-0.3, -0.25) is 4.79 Å². The molecule has 8 heteroatoms. The monoisotopic (exact) mass is 409 g/mol. The zero-order valence-electron chi connectivity index (χ0n) is 15.9. The summed E-state index contributed by atoms with van der Waals surface area (Å²) in [5.74, 6) is -0.874. The van der Waals surface area contributed by atoms with Crippen LogP contribution in [0.25, 0.3) is 0 Å². The quantitative estimate of drug-likeness (QED) is 0.443. The molecule has 0 spiro atoms. The summed E-state index contributed by atoms with van der Waals surface area (Å²) in [6, 6.07) is 20.3. The number of hydrogen-bond acceptors (Lipinski definition) is 6. The number of benzene rings is 2. The predicted molar refractivity (Wildman–Crippen MR) is 111 cm³/mol. The number of ether oxygens (including phenoxy) is 1. The Bertz CT molecular complexity index is 1030. The van der Waals surface area contributed by atoms with E-state index in [0.29, 0.717) is 11.4 Å². The second kappa shape index (κ2) is 9.20. The Morgan fingerprint density at radius 2 is 1.79 bits per heavy atom. The van der Waals surface area contributed by atoms with Gasteiger partial charge in [0.2, 0.25) is 5.75 Å². The summed E-state index contributed by atoms with van der Waals surface area (Å²) in [6.07, 6.45) is -0.951. The zero-order chi connectivity index (χ0) is 20.8. The number of para-hydroxylation sites is 1. The van der Waals surface area contributed by atoms with Crippen molar-refractivity contribution in [2.75, 3.05) is 5.32 Å². The lowest BCUT2D eigenvalue weighted by atomic mass is 10.3. The van der Waals surface area contributed by atoms with Gasteiger partial charge < -0.3 is 20.2 Å². The van der Waals surface area contributed by atoms with Crippen LogP contribution < -0.4 is 10.1 Å². The van der Waals surface area contributed by atoms with Crippen molar-refractivity contribution >= 4 is 29.2 Å². The Balaban J connectivity index is 1.73. The van der Waals surface area contributed by atoms with Gasteiger partial charge in [0.1, 0.15) is 5.69 Å². The SMILES string of the molecule is Cc1ccc(O[C@H](C)C(=O)Nc2ccccc2Sc2ccccc2)c([N+](=O)[O-])n1. The normalized spacial score (nSPS) is 11.5. The van der Waals surface area contributed by atoms with Crippen LogP contribution in [0.5, 0.6) is 5.75 Å². The molecule has 1 atom stereocenters. The van der Waals surface area contributed by atoms with Crippen LogP contribution >= 0.6 is 11.8 Å². The number of carbonyl (C=O) groups is 1. The number of aromatic nitrogens is 1. The second-order valence-corrected chi connectivity index (χ2v) is 7.31. The minimum atomic E-state index is -0.951. The number of anilines is 1. The van der Waals surface area contributed by atoms with Gasteiger partial charge in [0.05, 0.1) is 5.69 Å². The van der Waals surface area contributed by atoms with Crippen LogP contribution in [0, 0.1) is 17.0 Å². The number of aryl methyl sites for hydroxylation is 1. The van der Waals surface area contributed by atoms with Crippen molar-refractivity contribution in [2.24, 2.45) is 0 Å². The number of nitrogens with one attached hydrogen (secondary N) is 1. The van der Waals surface area contributed by atoms with E-state index >= 15 is 0 Å². The van der Waals surface area contributed by atoms with Gasteiger partial charge in [-0.05, 0) is 53.2 Å². The van der Waals surface area contributed by atoms with Gasteiger partial charge in [-0.1, -0.05) is 42.1 Å². The zero-order valence-corrected chi connectivity index (χ0v) is 16.7. The first kappa shape index (κ1) is 20.3. The van der Waals surface area contributed by atoms with Gasteiger partial charge in [-0.2, -0.15) is 0 Å². The minimum absolute atomic E-state index is 0.0461. The van der Waals surface area contributed by atoms with Crippen LogP contribution in [-0.4, -0.2) is 21.9 Å². The fraction of sp³-hybridized carbons (Fsp3) is 0.143. The smallest absolute Gasteiger partial charge is 0.406 e. The highest BCUT2D eigenvalue weighted by molar-refractivity contribution is 7.99. The van der Waals surface area contributed by atoms with Gasteiger partial charge in [-0.15, -0.1) is 0 Å². The van der Waals surface area contributed by atoms with Crippen LogP contribution in [0.3, 0.4) is 0 Å². The predicted octanol–water partition coefficient (Wildman–Crippen LogP) is 4.86. The Kier molecular flexibility index (Phi) is 6.46. The molecule has 3 aromatic rings. The molecule has 0 bridgehead atoms. The van der Waals surface area contributed by atoms with Gasteiger partial charge >= 0.3 is 5.82 Å². The third kappa shape index (κ3) is 5.32. The molecule has 7 nitrogen and oxygen atoms in total. The van der Waals surface area contributed by atoms with Crippen molar-refractivity contribution in [3.05, 3.63) is 82.5 Å². The van der Waals surface area contributed by atoms with Crippen LogP contribution in [0.4, 0.5) is 11.5 Å². The van der Waals surface area contributed by atoms with E-state index < -0.39 is 22.8 Å². The average Bonchev–Trinajstić information content (AvgIpc) is 2.71. The standard InChI is InChI=1S/C21H19N3O4S/c1-14-12-13-18(20(22-14)24(26)27)28-15(2)21(25)23-17-10-6-7-11-19(17)29-16-8-4-3-5-9-16/h3-13,15H,1-2H3,(H,23,25)/t15-/m1/s1. The molecule has 0 fully saturated rings. The summed E-state index contributed by atoms with van der Waals surface area (Å²) < 4.78 is 5.53. The largest absolute Gasteiger partial charge is 0.473 e. The van der Waals surface area contributed by atoms with Crippen LogP contribution in [0.15, 0.2) is 76.5 Å². The molecule has 0 aliphatic rings. The van der Waals surface area contributed by atoms with Crippen molar-refractivity contribution in [3.8, 4) is 5.75 Å². The van der Waals surface area contributed by atoms with Gasteiger partial charge in [0.25, 0.3) is 5.91 Å². The highest BCUT2D eigenvalue weighted by Crippen LogP contribution is 2.33. The molecular weight excluding hydrogens is 390 g/mol. The molecule has 29 heavy (non-hydrogen) atoms. The van der Waals surface area contributed by atoms with E-state index in [4.69, 9.17) is 4.74 Å². The number of amides is 1. The van der Waals surface area contributed by atoms with Gasteiger partial charge in [0.15, 0.2) is 6.10 Å². The fourth-order valence-electron chi connectivity index (χ4n) is 2.51. The second-order valence-electron chi connectivity index (χ2n) is 6.19. The van der Waals surface area contributed by atoms with Crippen LogP contribution in [-0.2, 0) is 4.79 Å². The lowest BCUT2D eigenvalue weighted by molar-refractivity contribution is -0.390. The average molecular weight is 409 g/mol. The highest BCUT2D eigenvalue weighted by atomic mass is 32.2. The number of nitrogens with zero attached hydrogens (tertiary/aromatic N) is 2. The van der Waals surface area contributed by atoms with E-state index in [1.807, 2.05) is 48.5 Å².